The second kappa shape index (κ2) is 6.13. The van der Waals surface area contributed by atoms with Crippen molar-refractivity contribution in [1.29, 1.82) is 0 Å². The summed E-state index contributed by atoms with van der Waals surface area (Å²) in [4.78, 5) is 13.2. The van der Waals surface area contributed by atoms with Crippen LogP contribution in [0.25, 0.3) is 11.3 Å². The molecule has 1 heterocycles. The molecule has 1 aromatic heterocycles. The van der Waals surface area contributed by atoms with Gasteiger partial charge in [0.25, 0.3) is 0 Å². The molecule has 0 aliphatic rings. The Labute approximate surface area is 112 Å². The summed E-state index contributed by atoms with van der Waals surface area (Å²) < 4.78 is 5.02. The van der Waals surface area contributed by atoms with Crippen LogP contribution in [0.4, 0.5) is 0 Å². The highest BCUT2D eigenvalue weighted by Crippen LogP contribution is 2.18. The molecule has 0 saturated heterocycles. The number of hydrogen-bond acceptors (Lipinski definition) is 4. The van der Waals surface area contributed by atoms with E-state index in [2.05, 4.69) is 10.2 Å². The SMILES string of the molecule is CCOC(=O)C(CC)n1ncc(-c2ccccc2)n1. The monoisotopic (exact) mass is 259 g/mol. The molecular weight excluding hydrogens is 242 g/mol. The molecule has 0 aliphatic carbocycles. The highest BCUT2D eigenvalue weighted by Gasteiger charge is 2.22. The molecule has 2 aromatic rings. The van der Waals surface area contributed by atoms with E-state index < -0.39 is 6.04 Å². The van der Waals surface area contributed by atoms with Crippen molar-refractivity contribution in [3.05, 3.63) is 36.5 Å². The van der Waals surface area contributed by atoms with E-state index in [1.807, 2.05) is 37.3 Å². The van der Waals surface area contributed by atoms with Gasteiger partial charge in [-0.3, -0.25) is 0 Å². The lowest BCUT2D eigenvalue weighted by atomic mass is 10.2. The van der Waals surface area contributed by atoms with Gasteiger partial charge in [0, 0.05) is 5.56 Å². The van der Waals surface area contributed by atoms with E-state index in [-0.39, 0.29) is 5.97 Å². The Hall–Kier alpha value is -2.17. The molecule has 1 unspecified atom stereocenters. The van der Waals surface area contributed by atoms with Crippen LogP contribution in [0, 0.1) is 0 Å². The average Bonchev–Trinajstić information content (AvgIpc) is 2.90. The molecule has 100 valence electrons. The maximum Gasteiger partial charge on any atom is 0.332 e. The zero-order chi connectivity index (χ0) is 13.7. The minimum Gasteiger partial charge on any atom is -0.464 e. The first-order chi connectivity index (χ1) is 9.26. The Bertz CT molecular complexity index is 537. The zero-order valence-electron chi connectivity index (χ0n) is 11.1. The van der Waals surface area contributed by atoms with Gasteiger partial charge in [-0.25, -0.2) is 4.79 Å². The molecule has 1 atom stereocenters. The third-order valence-electron chi connectivity index (χ3n) is 2.80. The van der Waals surface area contributed by atoms with Crippen LogP contribution in [0.2, 0.25) is 0 Å². The highest BCUT2D eigenvalue weighted by molar-refractivity contribution is 5.74. The number of carbonyl (C=O) groups excluding carboxylic acids is 1. The van der Waals surface area contributed by atoms with Gasteiger partial charge in [-0.1, -0.05) is 37.3 Å². The molecule has 5 nitrogen and oxygen atoms in total. The summed E-state index contributed by atoms with van der Waals surface area (Å²) in [6.07, 6.45) is 2.26. The Morgan fingerprint density at radius 3 is 2.68 bits per heavy atom. The minimum absolute atomic E-state index is 0.291. The maximum absolute atomic E-state index is 11.8. The third-order valence-corrected chi connectivity index (χ3v) is 2.80. The number of benzene rings is 1. The molecule has 5 heteroatoms. The summed E-state index contributed by atoms with van der Waals surface area (Å²) in [5, 5.41) is 8.53. The van der Waals surface area contributed by atoms with E-state index in [0.717, 1.165) is 11.3 Å². The van der Waals surface area contributed by atoms with Gasteiger partial charge < -0.3 is 4.74 Å². The summed E-state index contributed by atoms with van der Waals surface area (Å²) >= 11 is 0. The van der Waals surface area contributed by atoms with Gasteiger partial charge in [-0.15, -0.1) is 0 Å². The highest BCUT2D eigenvalue weighted by atomic mass is 16.5. The first-order valence-corrected chi connectivity index (χ1v) is 6.40. The lowest BCUT2D eigenvalue weighted by Crippen LogP contribution is -2.23. The van der Waals surface area contributed by atoms with Crippen LogP contribution in [0.1, 0.15) is 26.3 Å². The number of nitrogens with zero attached hydrogens (tertiary/aromatic N) is 3. The molecule has 1 aromatic carbocycles. The van der Waals surface area contributed by atoms with Crippen LogP contribution in [-0.4, -0.2) is 27.6 Å². The smallest absolute Gasteiger partial charge is 0.332 e. The van der Waals surface area contributed by atoms with Crippen LogP contribution in [0.3, 0.4) is 0 Å². The van der Waals surface area contributed by atoms with E-state index in [4.69, 9.17) is 4.74 Å². The second-order valence-electron chi connectivity index (χ2n) is 4.09. The van der Waals surface area contributed by atoms with Crippen molar-refractivity contribution >= 4 is 5.97 Å². The van der Waals surface area contributed by atoms with Crippen molar-refractivity contribution in [3.63, 3.8) is 0 Å². The summed E-state index contributed by atoms with van der Waals surface area (Å²) in [5.41, 5.74) is 1.73. The lowest BCUT2D eigenvalue weighted by molar-refractivity contribution is -0.148. The largest absolute Gasteiger partial charge is 0.464 e. The van der Waals surface area contributed by atoms with E-state index in [9.17, 15) is 4.79 Å². The number of esters is 1. The van der Waals surface area contributed by atoms with E-state index in [1.54, 1.807) is 13.1 Å². The summed E-state index contributed by atoms with van der Waals surface area (Å²) in [5.74, 6) is -0.291. The number of aromatic nitrogens is 3. The fourth-order valence-electron chi connectivity index (χ4n) is 1.83. The number of rotatable bonds is 5. The first kappa shape index (κ1) is 13.3. The average molecular weight is 259 g/mol. The van der Waals surface area contributed by atoms with Crippen molar-refractivity contribution in [2.24, 2.45) is 0 Å². The van der Waals surface area contributed by atoms with E-state index in [1.165, 1.54) is 4.80 Å². The van der Waals surface area contributed by atoms with Crippen molar-refractivity contribution in [2.45, 2.75) is 26.3 Å². The van der Waals surface area contributed by atoms with Crippen molar-refractivity contribution in [2.75, 3.05) is 6.61 Å². The van der Waals surface area contributed by atoms with Crippen LogP contribution in [0.15, 0.2) is 36.5 Å². The normalized spacial score (nSPS) is 12.1. The Morgan fingerprint density at radius 2 is 2.05 bits per heavy atom. The molecular formula is C14H17N3O2. The van der Waals surface area contributed by atoms with Gasteiger partial charge in [0.2, 0.25) is 0 Å². The van der Waals surface area contributed by atoms with Gasteiger partial charge in [0.05, 0.1) is 12.8 Å². The van der Waals surface area contributed by atoms with Gasteiger partial charge in [0.15, 0.2) is 6.04 Å². The van der Waals surface area contributed by atoms with E-state index >= 15 is 0 Å². The standard InChI is InChI=1S/C14H17N3O2/c1-3-13(14(18)19-4-2)17-15-10-12(16-17)11-8-6-5-7-9-11/h5-10,13H,3-4H2,1-2H3. The molecule has 0 aliphatic heterocycles. The predicted molar refractivity (Wildman–Crippen MR) is 71.4 cm³/mol. The third kappa shape index (κ3) is 2.99. The minimum atomic E-state index is -0.461. The second-order valence-corrected chi connectivity index (χ2v) is 4.09. The van der Waals surface area contributed by atoms with Gasteiger partial charge in [-0.05, 0) is 13.3 Å². The Morgan fingerprint density at radius 1 is 1.32 bits per heavy atom. The van der Waals surface area contributed by atoms with Crippen LogP contribution >= 0.6 is 0 Å². The van der Waals surface area contributed by atoms with Crippen molar-refractivity contribution in [3.8, 4) is 11.3 Å². The van der Waals surface area contributed by atoms with E-state index in [0.29, 0.717) is 13.0 Å². The molecule has 19 heavy (non-hydrogen) atoms. The predicted octanol–water partition coefficient (Wildman–Crippen LogP) is 2.46. The van der Waals surface area contributed by atoms with Crippen LogP contribution in [-0.2, 0) is 9.53 Å². The first-order valence-electron chi connectivity index (χ1n) is 6.40. The van der Waals surface area contributed by atoms with Crippen LogP contribution < -0.4 is 0 Å². The summed E-state index contributed by atoms with van der Waals surface area (Å²) in [7, 11) is 0. The van der Waals surface area contributed by atoms with Gasteiger partial charge in [0.1, 0.15) is 5.69 Å². The topological polar surface area (TPSA) is 57.0 Å². The molecule has 0 spiro atoms. The fraction of sp³-hybridized carbons (Fsp3) is 0.357. The zero-order valence-corrected chi connectivity index (χ0v) is 11.1. The summed E-state index contributed by atoms with van der Waals surface area (Å²) in [6.45, 7) is 4.06. The lowest BCUT2D eigenvalue weighted by Gasteiger charge is -2.12. The molecule has 0 saturated carbocycles. The Kier molecular flexibility index (Phi) is 4.28. The molecule has 0 N–H and O–H groups in total. The van der Waals surface area contributed by atoms with Crippen molar-refractivity contribution in [1.82, 2.24) is 15.0 Å². The maximum atomic E-state index is 11.8. The fourth-order valence-corrected chi connectivity index (χ4v) is 1.83. The van der Waals surface area contributed by atoms with Crippen molar-refractivity contribution < 1.29 is 9.53 Å². The molecule has 2 rings (SSSR count). The molecule has 0 fully saturated rings. The quantitative estimate of drug-likeness (QED) is 0.774. The number of ether oxygens (including phenoxy) is 1. The molecule has 0 radical (unpaired) electrons. The van der Waals surface area contributed by atoms with Crippen LogP contribution in [0.5, 0.6) is 0 Å². The van der Waals surface area contributed by atoms with Gasteiger partial charge in [-0.2, -0.15) is 15.0 Å². The van der Waals surface area contributed by atoms with Gasteiger partial charge >= 0.3 is 5.97 Å². The Balaban J connectivity index is 2.22. The molecule has 0 amide bonds. The summed E-state index contributed by atoms with van der Waals surface area (Å²) in [6, 6.07) is 9.28. The molecule has 0 bridgehead atoms. The number of hydrogen-bond donors (Lipinski definition) is 0. The number of carbonyl (C=O) groups is 1.